The summed E-state index contributed by atoms with van der Waals surface area (Å²) in [6.45, 7) is 3.92. The lowest BCUT2D eigenvalue weighted by Crippen LogP contribution is -2.22. The van der Waals surface area contributed by atoms with Crippen LogP contribution in [-0.2, 0) is 0 Å². The average molecular weight is 499 g/mol. The minimum atomic E-state index is 0.00462. The Bertz CT molecular complexity index is 1690. The van der Waals surface area contributed by atoms with Crippen molar-refractivity contribution in [3.05, 3.63) is 81.3 Å². The third kappa shape index (κ3) is 2.57. The van der Waals surface area contributed by atoms with Crippen LogP contribution in [0.3, 0.4) is 0 Å². The van der Waals surface area contributed by atoms with Gasteiger partial charge in [-0.2, -0.15) is 0 Å². The number of hydrogen-bond donors (Lipinski definition) is 0. The standard InChI is InChI=1S/C28H19BrO2S/c1-3-17-18(4-2)28(31)25-19(27(17)30)10-6-15-8-12-22-26(23(15)25)24-20-13-16(29)9-5-14(20)7-11-21(24)32-22/h5-13H,3-4H2,1-2H3. The molecule has 0 spiro atoms. The molecule has 1 aliphatic rings. The van der Waals surface area contributed by atoms with E-state index in [1.807, 2.05) is 26.0 Å². The van der Waals surface area contributed by atoms with Crippen molar-refractivity contribution in [3.63, 3.8) is 0 Å². The lowest BCUT2D eigenvalue weighted by molar-refractivity contribution is 0.0971. The number of carbonyl (C=O) groups is 2. The van der Waals surface area contributed by atoms with E-state index in [9.17, 15) is 9.59 Å². The first-order valence-corrected chi connectivity index (χ1v) is 12.5. The second kappa shape index (κ2) is 7.09. The lowest BCUT2D eigenvalue weighted by Gasteiger charge is -2.22. The van der Waals surface area contributed by atoms with E-state index in [1.165, 1.54) is 4.70 Å². The summed E-state index contributed by atoms with van der Waals surface area (Å²) in [6.07, 6.45) is 1.15. The number of hydrogen-bond acceptors (Lipinski definition) is 3. The minimum absolute atomic E-state index is 0.00462. The Balaban J connectivity index is 1.87. The highest BCUT2D eigenvalue weighted by molar-refractivity contribution is 9.10. The molecule has 0 bridgehead atoms. The zero-order valence-electron chi connectivity index (χ0n) is 17.7. The summed E-state index contributed by atoms with van der Waals surface area (Å²) in [7, 11) is 0. The van der Waals surface area contributed by atoms with Crippen molar-refractivity contribution >= 4 is 80.6 Å². The van der Waals surface area contributed by atoms with Gasteiger partial charge in [0, 0.05) is 52.3 Å². The molecule has 4 aromatic carbocycles. The normalized spacial score (nSPS) is 14.3. The van der Waals surface area contributed by atoms with Crippen LogP contribution in [0.15, 0.2) is 70.2 Å². The van der Waals surface area contributed by atoms with Crippen LogP contribution in [0, 0.1) is 0 Å². The number of allylic oxidation sites excluding steroid dienone is 2. The quantitative estimate of drug-likeness (QED) is 0.244. The molecule has 1 aromatic heterocycles. The van der Waals surface area contributed by atoms with Crippen LogP contribution in [0.4, 0.5) is 0 Å². The molecule has 4 heteroatoms. The van der Waals surface area contributed by atoms with E-state index in [0.29, 0.717) is 35.1 Å². The summed E-state index contributed by atoms with van der Waals surface area (Å²) < 4.78 is 3.34. The van der Waals surface area contributed by atoms with Crippen molar-refractivity contribution < 1.29 is 9.59 Å². The van der Waals surface area contributed by atoms with Crippen molar-refractivity contribution in [2.45, 2.75) is 26.7 Å². The summed E-state index contributed by atoms with van der Waals surface area (Å²) >= 11 is 5.37. The molecule has 0 saturated heterocycles. The number of benzene rings is 4. The predicted molar refractivity (Wildman–Crippen MR) is 138 cm³/mol. The second-order valence-corrected chi connectivity index (χ2v) is 10.3. The van der Waals surface area contributed by atoms with Gasteiger partial charge in [0.1, 0.15) is 0 Å². The van der Waals surface area contributed by atoms with Gasteiger partial charge < -0.3 is 0 Å². The fourth-order valence-electron chi connectivity index (χ4n) is 5.23. The van der Waals surface area contributed by atoms with Gasteiger partial charge in [-0.1, -0.05) is 54.0 Å². The molecule has 6 rings (SSSR count). The zero-order chi connectivity index (χ0) is 22.1. The summed E-state index contributed by atoms with van der Waals surface area (Å²) in [5.41, 5.74) is 2.46. The Morgan fingerprint density at radius 3 is 2.09 bits per heavy atom. The fraction of sp³-hybridized carbons (Fsp3) is 0.143. The molecule has 0 radical (unpaired) electrons. The van der Waals surface area contributed by atoms with E-state index in [1.54, 1.807) is 11.3 Å². The number of Topliss-reactive ketones (excluding diaryl/α,β-unsaturated/α-hetero) is 2. The van der Waals surface area contributed by atoms with Crippen LogP contribution >= 0.6 is 27.3 Å². The minimum Gasteiger partial charge on any atom is -0.289 e. The maximum atomic E-state index is 13.8. The van der Waals surface area contributed by atoms with Gasteiger partial charge in [0.05, 0.1) is 0 Å². The monoisotopic (exact) mass is 498 g/mol. The van der Waals surface area contributed by atoms with Gasteiger partial charge in [-0.05, 0) is 59.3 Å². The first-order chi connectivity index (χ1) is 15.5. The average Bonchev–Trinajstić information content (AvgIpc) is 3.19. The van der Waals surface area contributed by atoms with Gasteiger partial charge >= 0.3 is 0 Å². The highest BCUT2D eigenvalue weighted by Gasteiger charge is 2.32. The molecule has 0 amide bonds. The molecule has 0 aliphatic heterocycles. The summed E-state index contributed by atoms with van der Waals surface area (Å²) in [5.74, 6) is 0.0165. The van der Waals surface area contributed by atoms with Gasteiger partial charge in [-0.15, -0.1) is 11.3 Å². The Morgan fingerprint density at radius 1 is 0.719 bits per heavy atom. The third-order valence-corrected chi connectivity index (χ3v) is 8.27. The Hall–Kier alpha value is -2.82. The van der Waals surface area contributed by atoms with E-state index < -0.39 is 0 Å². The number of rotatable bonds is 2. The molecule has 0 atom stereocenters. The SMILES string of the molecule is CCC1=C(CC)C(=O)c2c(ccc3ccc4sc5ccc6ccc(Br)cc6c5c4c23)C1=O. The molecular weight excluding hydrogens is 480 g/mol. The van der Waals surface area contributed by atoms with E-state index in [-0.39, 0.29) is 11.6 Å². The molecule has 0 saturated carbocycles. The van der Waals surface area contributed by atoms with Crippen molar-refractivity contribution in [1.29, 1.82) is 0 Å². The highest BCUT2D eigenvalue weighted by atomic mass is 79.9. The third-order valence-electron chi connectivity index (χ3n) is 6.65. The molecule has 0 fully saturated rings. The first-order valence-electron chi connectivity index (χ1n) is 10.8. The lowest BCUT2D eigenvalue weighted by atomic mass is 9.79. The molecular formula is C28H19BrO2S. The van der Waals surface area contributed by atoms with Gasteiger partial charge in [-0.25, -0.2) is 0 Å². The number of carbonyl (C=O) groups excluding carboxylic acids is 2. The smallest absolute Gasteiger partial charge is 0.190 e. The van der Waals surface area contributed by atoms with Crippen molar-refractivity contribution in [2.24, 2.45) is 0 Å². The fourth-order valence-corrected chi connectivity index (χ4v) is 6.72. The summed E-state index contributed by atoms with van der Waals surface area (Å²) in [6, 6.07) is 18.7. The molecule has 2 nitrogen and oxygen atoms in total. The van der Waals surface area contributed by atoms with E-state index in [4.69, 9.17) is 0 Å². The number of fused-ring (bicyclic) bond motifs is 9. The molecule has 0 N–H and O–H groups in total. The molecule has 5 aromatic rings. The van der Waals surface area contributed by atoms with Crippen molar-refractivity contribution in [3.8, 4) is 0 Å². The maximum Gasteiger partial charge on any atom is 0.190 e. The van der Waals surface area contributed by atoms with Crippen LogP contribution in [0.25, 0.3) is 41.7 Å². The van der Waals surface area contributed by atoms with E-state index in [2.05, 4.69) is 58.4 Å². The van der Waals surface area contributed by atoms with Gasteiger partial charge in [0.25, 0.3) is 0 Å². The van der Waals surface area contributed by atoms with Crippen LogP contribution in [0.5, 0.6) is 0 Å². The van der Waals surface area contributed by atoms with Crippen LogP contribution in [-0.4, -0.2) is 11.6 Å². The summed E-state index contributed by atoms with van der Waals surface area (Å²) in [4.78, 5) is 27.2. The number of halogens is 1. The van der Waals surface area contributed by atoms with Gasteiger partial charge in [-0.3, -0.25) is 9.59 Å². The Kier molecular flexibility index (Phi) is 4.40. The van der Waals surface area contributed by atoms with Crippen LogP contribution in [0.1, 0.15) is 47.4 Å². The number of ketones is 2. The Labute approximate surface area is 197 Å². The van der Waals surface area contributed by atoms with Crippen LogP contribution in [0.2, 0.25) is 0 Å². The van der Waals surface area contributed by atoms with Crippen LogP contribution < -0.4 is 0 Å². The number of thiophene rings is 1. The van der Waals surface area contributed by atoms with Gasteiger partial charge in [0.2, 0.25) is 0 Å². The molecule has 32 heavy (non-hydrogen) atoms. The van der Waals surface area contributed by atoms with Crippen molar-refractivity contribution in [2.75, 3.05) is 0 Å². The predicted octanol–water partition coefficient (Wildman–Crippen LogP) is 8.62. The summed E-state index contributed by atoms with van der Waals surface area (Å²) in [5, 5.41) is 6.47. The zero-order valence-corrected chi connectivity index (χ0v) is 20.1. The Morgan fingerprint density at radius 2 is 1.34 bits per heavy atom. The topological polar surface area (TPSA) is 34.1 Å². The van der Waals surface area contributed by atoms with E-state index >= 15 is 0 Å². The van der Waals surface area contributed by atoms with E-state index in [0.717, 1.165) is 41.5 Å². The second-order valence-electron chi connectivity index (χ2n) is 8.25. The largest absolute Gasteiger partial charge is 0.289 e. The maximum absolute atomic E-state index is 13.8. The molecule has 156 valence electrons. The highest BCUT2D eigenvalue weighted by Crippen LogP contribution is 2.45. The van der Waals surface area contributed by atoms with Gasteiger partial charge in [0.15, 0.2) is 11.6 Å². The van der Waals surface area contributed by atoms with Crippen molar-refractivity contribution in [1.82, 2.24) is 0 Å². The molecule has 0 unspecified atom stereocenters. The molecule has 1 aliphatic carbocycles. The molecule has 1 heterocycles. The first kappa shape index (κ1) is 19.8.